The summed E-state index contributed by atoms with van der Waals surface area (Å²) in [7, 11) is -15.8. The minimum atomic E-state index is -4.11. The molecule has 3 aliphatic rings. The van der Waals surface area contributed by atoms with Gasteiger partial charge < -0.3 is 4.74 Å². The maximum absolute atomic E-state index is 12.7. The molecule has 3 heterocycles. The second kappa shape index (κ2) is 21.4. The van der Waals surface area contributed by atoms with Crippen molar-refractivity contribution in [2.45, 2.75) is 37.0 Å². The maximum atomic E-state index is 12.7. The quantitative estimate of drug-likeness (QED) is 0.0605. The van der Waals surface area contributed by atoms with Crippen LogP contribution in [0.25, 0.3) is 32.3 Å². The van der Waals surface area contributed by atoms with Gasteiger partial charge in [-0.3, -0.25) is 28.8 Å². The molecule has 388 valence electrons. The number of amides is 6. The van der Waals surface area contributed by atoms with Gasteiger partial charge in [0, 0.05) is 31.8 Å². The molecule has 0 atom stereocenters. The highest BCUT2D eigenvalue weighted by Gasteiger charge is 2.40. The highest BCUT2D eigenvalue weighted by Crippen LogP contribution is 2.39. The Morgan fingerprint density at radius 2 is 0.865 bits per heavy atom. The fourth-order valence-corrected chi connectivity index (χ4v) is 11.4. The lowest BCUT2D eigenvalue weighted by molar-refractivity contribution is -0.0153. The molecule has 0 aliphatic carbocycles. The lowest BCUT2D eigenvalue weighted by Crippen LogP contribution is -2.41. The third kappa shape index (κ3) is 11.2. The van der Waals surface area contributed by atoms with Gasteiger partial charge in [0.15, 0.2) is 9.84 Å². The molecule has 0 fully saturated rings. The van der Waals surface area contributed by atoms with Crippen LogP contribution in [0.4, 0.5) is 0 Å². The van der Waals surface area contributed by atoms with E-state index in [0.29, 0.717) is 41.0 Å². The number of imide groups is 3. The monoisotopic (exact) mass is 1110 g/mol. The van der Waals surface area contributed by atoms with Crippen LogP contribution in [0.2, 0.25) is 0 Å². The smallest absolute Gasteiger partial charge is 0.286 e. The second-order valence-electron chi connectivity index (χ2n) is 15.8. The van der Waals surface area contributed by atoms with Crippen molar-refractivity contribution in [3.8, 4) is 5.75 Å². The van der Waals surface area contributed by atoms with Crippen molar-refractivity contribution in [1.82, 2.24) is 15.2 Å². The Bertz CT molecular complexity index is 3670. The van der Waals surface area contributed by atoms with Crippen LogP contribution in [0.5, 0.6) is 5.75 Å². The average Bonchev–Trinajstić information content (AvgIpc) is 3.32. The Labute approximate surface area is 429 Å². The molecule has 6 aromatic rings. The second-order valence-corrected chi connectivity index (χ2v) is 23.6. The van der Waals surface area contributed by atoms with Gasteiger partial charge in [0.25, 0.3) is 65.8 Å². The Morgan fingerprint density at radius 1 is 0.500 bits per heavy atom. The number of hydroxylamine groups is 6. The first-order valence-electron chi connectivity index (χ1n) is 21.0. The van der Waals surface area contributed by atoms with Gasteiger partial charge in [-0.2, -0.15) is 25.3 Å². The van der Waals surface area contributed by atoms with Gasteiger partial charge >= 0.3 is 0 Å². The number of sulfone groups is 1. The molecule has 21 nitrogen and oxygen atoms in total. The van der Waals surface area contributed by atoms with E-state index in [4.69, 9.17) is 4.74 Å². The number of benzene rings is 6. The van der Waals surface area contributed by atoms with Gasteiger partial charge in [-0.25, -0.2) is 8.42 Å². The van der Waals surface area contributed by atoms with E-state index in [1.807, 2.05) is 6.92 Å². The van der Waals surface area contributed by atoms with Crippen LogP contribution >= 0.6 is 11.8 Å². The number of thioether (sulfide) groups is 1. The number of carbonyl (C=O) groups is 6. The standard InChI is InChI=1S/C17H17NO7S2.C15H11NO6S.C15H11NO5S2.CH4/c1-3-4-10-27(23,24)14-9-8-13-15-11(14)6-5-7-12(15)16(19)18(17(13)20)25-26(2,21)22;1-3-21-12-8-7-11-13-9(12)5-4-6-10(13)14(17)16(15(11)18)22-23(2,19)20;1-3-22-12-8-7-11-13-9(12)5-4-6-10(13)14(17)16(15(11)18)21-23(2,19)20;/h5-9H,3-4,10H2,1-2H3;2*3-8H,1H2,2H3;1H4. The lowest BCUT2D eigenvalue weighted by Gasteiger charge is -2.25. The van der Waals surface area contributed by atoms with Gasteiger partial charge in [-0.05, 0) is 71.8 Å². The van der Waals surface area contributed by atoms with Crippen molar-refractivity contribution in [1.29, 1.82) is 0 Å². The largest absolute Gasteiger partial charge is 0.465 e. The molecule has 0 saturated carbocycles. The molecule has 3 aliphatic heterocycles. The number of rotatable bonds is 14. The van der Waals surface area contributed by atoms with Crippen molar-refractivity contribution < 1.29 is 80.0 Å². The third-order valence-corrected chi connectivity index (χ3v) is 14.5. The minimum absolute atomic E-state index is 0. The van der Waals surface area contributed by atoms with E-state index in [9.17, 15) is 62.4 Å². The Kier molecular flexibility index (Phi) is 16.2. The third-order valence-electron chi connectivity index (χ3n) is 10.6. The highest BCUT2D eigenvalue weighted by atomic mass is 32.2. The number of ether oxygens (including phenoxy) is 1. The normalized spacial score (nSPS) is 14.3. The van der Waals surface area contributed by atoms with Crippen LogP contribution in [-0.4, -0.2) is 109 Å². The number of hydrogen-bond donors (Lipinski definition) is 0. The van der Waals surface area contributed by atoms with Gasteiger partial charge in [0.2, 0.25) is 0 Å². The minimum Gasteiger partial charge on any atom is -0.465 e. The van der Waals surface area contributed by atoms with E-state index in [1.165, 1.54) is 72.6 Å². The van der Waals surface area contributed by atoms with Crippen molar-refractivity contribution >= 4 is 120 Å². The van der Waals surface area contributed by atoms with E-state index in [0.717, 1.165) is 22.8 Å². The molecular formula is C48H43N3O18S5. The van der Waals surface area contributed by atoms with E-state index < -0.39 is 75.6 Å². The molecule has 9 rings (SSSR count). The molecule has 0 saturated heterocycles. The number of unbranched alkanes of at least 4 members (excludes halogenated alkanes) is 1. The molecule has 0 N–H and O–H groups in total. The maximum Gasteiger partial charge on any atom is 0.286 e. The van der Waals surface area contributed by atoms with Crippen molar-refractivity contribution in [2.24, 2.45) is 0 Å². The molecule has 0 spiro atoms. The van der Waals surface area contributed by atoms with Gasteiger partial charge in [0.1, 0.15) is 5.75 Å². The Balaban J connectivity index is 0.000000180. The predicted octanol–water partition coefficient (Wildman–Crippen LogP) is 6.95. The molecule has 26 heteroatoms. The molecule has 0 bridgehead atoms. The summed E-state index contributed by atoms with van der Waals surface area (Å²) in [6.07, 6.45) is 4.66. The van der Waals surface area contributed by atoms with Gasteiger partial charge in [-0.1, -0.05) is 82.1 Å². The molecular weight excluding hydrogens is 1070 g/mol. The molecule has 0 unspecified atom stereocenters. The zero-order valence-corrected chi connectivity index (χ0v) is 42.7. The van der Waals surface area contributed by atoms with Crippen LogP contribution in [0, 0.1) is 0 Å². The molecule has 6 amide bonds. The molecule has 0 aromatic heterocycles. The Morgan fingerprint density at radius 3 is 1.27 bits per heavy atom. The lowest BCUT2D eigenvalue weighted by atomic mass is 9.94. The Hall–Kier alpha value is -7.17. The first-order chi connectivity index (χ1) is 34.2. The van der Waals surface area contributed by atoms with E-state index >= 15 is 0 Å². The average molecular weight is 1110 g/mol. The number of carbonyl (C=O) groups excluding carboxylic acids is 6. The first kappa shape index (κ1) is 56.1. The summed E-state index contributed by atoms with van der Waals surface area (Å²) in [6.45, 7) is 9.01. The highest BCUT2D eigenvalue weighted by molar-refractivity contribution is 8.02. The summed E-state index contributed by atoms with van der Waals surface area (Å²) in [5, 5.41) is 4.94. The number of nitrogens with zero attached hydrogens (tertiary/aromatic N) is 3. The van der Waals surface area contributed by atoms with Crippen LogP contribution in [0.1, 0.15) is 89.3 Å². The topological polar surface area (TPSA) is 286 Å². The summed E-state index contributed by atoms with van der Waals surface area (Å²) in [6, 6.07) is 23.0. The SMILES string of the molecule is C.C=COc1ccc2c3c(cccc13)C(=O)N(OS(C)(=O)=O)C2=O.C=CSc1ccc2c3c(cccc13)C(=O)N(OS(C)(=O)=O)C2=O.CCCCS(=O)(=O)c1ccc2c3c(cccc13)C(=O)N(OS(C)(=O)=O)C2=O. The van der Waals surface area contributed by atoms with E-state index in [-0.39, 0.29) is 77.4 Å². The zero-order valence-electron chi connectivity index (χ0n) is 38.6. The fraction of sp³-hybridized carbons (Fsp3) is 0.167. The van der Waals surface area contributed by atoms with Crippen LogP contribution in [0.3, 0.4) is 0 Å². The van der Waals surface area contributed by atoms with Crippen LogP contribution in [0.15, 0.2) is 126 Å². The zero-order chi connectivity index (χ0) is 53.5. The van der Waals surface area contributed by atoms with Crippen molar-refractivity contribution in [3.63, 3.8) is 0 Å². The summed E-state index contributed by atoms with van der Waals surface area (Å²) in [4.78, 5) is 75.8. The molecule has 74 heavy (non-hydrogen) atoms. The summed E-state index contributed by atoms with van der Waals surface area (Å²) in [5.41, 5.74) is 0.724. The predicted molar refractivity (Wildman–Crippen MR) is 272 cm³/mol. The summed E-state index contributed by atoms with van der Waals surface area (Å²) < 4.78 is 112. The fourth-order valence-electron chi connectivity index (χ4n) is 7.85. The molecule has 6 aromatic carbocycles. The van der Waals surface area contributed by atoms with Gasteiger partial charge in [-0.15, -0.1) is 28.0 Å². The van der Waals surface area contributed by atoms with Crippen molar-refractivity contribution in [3.05, 3.63) is 149 Å². The summed E-state index contributed by atoms with van der Waals surface area (Å²) >= 11 is 1.37. The number of hydrogen-bond acceptors (Lipinski definition) is 19. The first-order valence-corrected chi connectivity index (χ1v) is 29.0. The molecule has 0 radical (unpaired) electrons. The van der Waals surface area contributed by atoms with Crippen LogP contribution in [-0.2, 0) is 53.0 Å². The van der Waals surface area contributed by atoms with E-state index in [2.05, 4.69) is 26.0 Å². The van der Waals surface area contributed by atoms with E-state index in [1.54, 1.807) is 41.8 Å². The van der Waals surface area contributed by atoms with Crippen LogP contribution < -0.4 is 4.74 Å². The van der Waals surface area contributed by atoms with Gasteiger partial charge in [0.05, 0.1) is 69.1 Å². The summed E-state index contributed by atoms with van der Waals surface area (Å²) in [5.74, 6) is -4.87. The van der Waals surface area contributed by atoms with Crippen molar-refractivity contribution in [2.75, 3.05) is 24.5 Å².